The van der Waals surface area contributed by atoms with Crippen molar-refractivity contribution in [2.75, 3.05) is 0 Å². The Balaban J connectivity index is 2.07. The number of hydrogen-bond donors (Lipinski definition) is 1. The van der Waals surface area contributed by atoms with Crippen molar-refractivity contribution in [2.24, 2.45) is 0 Å². The van der Waals surface area contributed by atoms with Gasteiger partial charge in [-0.25, -0.2) is 4.39 Å². The van der Waals surface area contributed by atoms with Crippen molar-refractivity contribution in [2.45, 2.75) is 6.54 Å². The summed E-state index contributed by atoms with van der Waals surface area (Å²) in [6, 6.07) is 12.7. The van der Waals surface area contributed by atoms with E-state index in [0.29, 0.717) is 11.3 Å². The number of aromatic amines is 1. The minimum Gasteiger partial charge on any atom is -0.330 e. The van der Waals surface area contributed by atoms with Gasteiger partial charge in [0.05, 0.1) is 17.6 Å². The standard InChI is InChI=1S/C14H10BrFN2S/c15-10-3-1-9(2-4-10)8-18-13-6-5-11(16)7-12(13)17-14(18)19/h1-7H,8H2,(H,17,19). The quantitative estimate of drug-likeness (QED) is 0.675. The van der Waals surface area contributed by atoms with Gasteiger partial charge in [0.25, 0.3) is 0 Å². The summed E-state index contributed by atoms with van der Waals surface area (Å²) >= 11 is 8.71. The zero-order valence-electron chi connectivity index (χ0n) is 9.86. The van der Waals surface area contributed by atoms with E-state index in [1.807, 2.05) is 28.8 Å². The highest BCUT2D eigenvalue weighted by molar-refractivity contribution is 9.10. The van der Waals surface area contributed by atoms with Crippen LogP contribution in [0.15, 0.2) is 46.9 Å². The molecule has 3 aromatic rings. The summed E-state index contributed by atoms with van der Waals surface area (Å²) in [5.41, 5.74) is 2.78. The lowest BCUT2D eigenvalue weighted by Crippen LogP contribution is -1.99. The SMILES string of the molecule is Fc1ccc2c(c1)[nH]c(=S)n2Cc1ccc(Br)cc1. The minimum atomic E-state index is -0.264. The Kier molecular flexibility index (Phi) is 3.24. The van der Waals surface area contributed by atoms with Crippen LogP contribution in [0.2, 0.25) is 0 Å². The zero-order chi connectivity index (χ0) is 13.4. The summed E-state index contributed by atoms with van der Waals surface area (Å²) < 4.78 is 16.8. The third-order valence-corrected chi connectivity index (χ3v) is 3.84. The van der Waals surface area contributed by atoms with Crippen LogP contribution in [-0.4, -0.2) is 9.55 Å². The van der Waals surface area contributed by atoms with Crippen molar-refractivity contribution in [3.8, 4) is 0 Å². The molecule has 3 rings (SSSR count). The molecular formula is C14H10BrFN2S. The number of fused-ring (bicyclic) bond motifs is 1. The molecule has 0 atom stereocenters. The van der Waals surface area contributed by atoms with E-state index in [1.54, 1.807) is 6.07 Å². The fraction of sp³-hybridized carbons (Fsp3) is 0.0714. The molecule has 0 aliphatic heterocycles. The molecule has 0 aliphatic carbocycles. The lowest BCUT2D eigenvalue weighted by Gasteiger charge is -2.05. The number of rotatable bonds is 2. The first-order chi connectivity index (χ1) is 9.13. The van der Waals surface area contributed by atoms with Crippen molar-refractivity contribution in [3.05, 3.63) is 63.1 Å². The summed E-state index contributed by atoms with van der Waals surface area (Å²) in [5.74, 6) is -0.264. The molecule has 0 bridgehead atoms. The number of aromatic nitrogens is 2. The van der Waals surface area contributed by atoms with Gasteiger partial charge in [-0.2, -0.15) is 0 Å². The Hall–Kier alpha value is -1.46. The highest BCUT2D eigenvalue weighted by Gasteiger charge is 2.06. The molecule has 1 aromatic heterocycles. The van der Waals surface area contributed by atoms with Gasteiger partial charge < -0.3 is 9.55 Å². The van der Waals surface area contributed by atoms with E-state index in [0.717, 1.165) is 21.1 Å². The van der Waals surface area contributed by atoms with E-state index < -0.39 is 0 Å². The maximum absolute atomic E-state index is 13.2. The molecule has 0 unspecified atom stereocenters. The molecule has 0 saturated carbocycles. The monoisotopic (exact) mass is 336 g/mol. The molecule has 0 radical (unpaired) electrons. The third kappa shape index (κ3) is 2.48. The second-order valence-electron chi connectivity index (χ2n) is 4.30. The molecule has 2 nitrogen and oxygen atoms in total. The van der Waals surface area contributed by atoms with Gasteiger partial charge in [-0.05, 0) is 48.1 Å². The van der Waals surface area contributed by atoms with Gasteiger partial charge in [0, 0.05) is 4.47 Å². The molecule has 1 N–H and O–H groups in total. The van der Waals surface area contributed by atoms with Gasteiger partial charge in [-0.1, -0.05) is 28.1 Å². The van der Waals surface area contributed by atoms with E-state index in [-0.39, 0.29) is 5.82 Å². The summed E-state index contributed by atoms with van der Waals surface area (Å²) in [6.07, 6.45) is 0. The second-order valence-corrected chi connectivity index (χ2v) is 5.61. The largest absolute Gasteiger partial charge is 0.330 e. The van der Waals surface area contributed by atoms with E-state index >= 15 is 0 Å². The van der Waals surface area contributed by atoms with Crippen molar-refractivity contribution in [1.82, 2.24) is 9.55 Å². The summed E-state index contributed by atoms with van der Waals surface area (Å²) in [6.45, 7) is 0.664. The average Bonchev–Trinajstić information content (AvgIpc) is 2.68. The minimum absolute atomic E-state index is 0.264. The van der Waals surface area contributed by atoms with Crippen LogP contribution in [0.4, 0.5) is 4.39 Å². The number of halogens is 2. The number of H-pyrrole nitrogens is 1. The van der Waals surface area contributed by atoms with Crippen LogP contribution in [0.25, 0.3) is 11.0 Å². The summed E-state index contributed by atoms with van der Waals surface area (Å²) in [4.78, 5) is 3.03. The van der Waals surface area contributed by atoms with E-state index in [9.17, 15) is 4.39 Å². The van der Waals surface area contributed by atoms with E-state index in [2.05, 4.69) is 20.9 Å². The van der Waals surface area contributed by atoms with Crippen LogP contribution in [0, 0.1) is 10.6 Å². The number of benzene rings is 2. The third-order valence-electron chi connectivity index (χ3n) is 2.99. The van der Waals surface area contributed by atoms with Gasteiger partial charge in [0.2, 0.25) is 0 Å². The van der Waals surface area contributed by atoms with Crippen molar-refractivity contribution >= 4 is 39.2 Å². The highest BCUT2D eigenvalue weighted by Crippen LogP contribution is 2.18. The maximum Gasteiger partial charge on any atom is 0.178 e. The number of imidazole rings is 1. The molecular weight excluding hydrogens is 327 g/mol. The molecule has 19 heavy (non-hydrogen) atoms. The Morgan fingerprint density at radius 3 is 2.63 bits per heavy atom. The summed E-state index contributed by atoms with van der Waals surface area (Å²) in [7, 11) is 0. The molecule has 96 valence electrons. The summed E-state index contributed by atoms with van der Waals surface area (Å²) in [5, 5.41) is 0. The molecule has 0 fully saturated rings. The average molecular weight is 337 g/mol. The van der Waals surface area contributed by atoms with Crippen LogP contribution in [0.1, 0.15) is 5.56 Å². The van der Waals surface area contributed by atoms with Crippen molar-refractivity contribution in [1.29, 1.82) is 0 Å². The lowest BCUT2D eigenvalue weighted by atomic mass is 10.2. The Labute approximate surface area is 123 Å². The number of hydrogen-bond acceptors (Lipinski definition) is 1. The Morgan fingerprint density at radius 2 is 1.89 bits per heavy atom. The molecule has 0 aliphatic rings. The first-order valence-corrected chi connectivity index (χ1v) is 6.96. The Bertz CT molecular complexity index is 789. The smallest absolute Gasteiger partial charge is 0.178 e. The highest BCUT2D eigenvalue weighted by atomic mass is 79.9. The second kappa shape index (κ2) is 4.90. The molecule has 0 saturated heterocycles. The molecule has 1 heterocycles. The van der Waals surface area contributed by atoms with Gasteiger partial charge in [0.15, 0.2) is 4.77 Å². The van der Waals surface area contributed by atoms with Gasteiger partial charge >= 0.3 is 0 Å². The lowest BCUT2D eigenvalue weighted by molar-refractivity contribution is 0.629. The number of nitrogens with one attached hydrogen (secondary N) is 1. The predicted octanol–water partition coefficient (Wildman–Crippen LogP) is 4.65. The zero-order valence-corrected chi connectivity index (χ0v) is 12.3. The first-order valence-electron chi connectivity index (χ1n) is 5.76. The predicted molar refractivity (Wildman–Crippen MR) is 80.3 cm³/mol. The normalized spacial score (nSPS) is 11.1. The fourth-order valence-corrected chi connectivity index (χ4v) is 2.60. The molecule has 2 aromatic carbocycles. The van der Waals surface area contributed by atoms with Crippen molar-refractivity contribution < 1.29 is 4.39 Å². The van der Waals surface area contributed by atoms with Crippen LogP contribution in [0.3, 0.4) is 0 Å². The van der Waals surface area contributed by atoms with Crippen molar-refractivity contribution in [3.63, 3.8) is 0 Å². The van der Waals surface area contributed by atoms with Crippen LogP contribution >= 0.6 is 28.1 Å². The van der Waals surface area contributed by atoms with Crippen LogP contribution < -0.4 is 0 Å². The molecule has 5 heteroatoms. The van der Waals surface area contributed by atoms with E-state index in [4.69, 9.17) is 12.2 Å². The Morgan fingerprint density at radius 1 is 1.16 bits per heavy atom. The van der Waals surface area contributed by atoms with Gasteiger partial charge in [-0.15, -0.1) is 0 Å². The van der Waals surface area contributed by atoms with Crippen LogP contribution in [0.5, 0.6) is 0 Å². The maximum atomic E-state index is 13.2. The van der Waals surface area contributed by atoms with Gasteiger partial charge in [0.1, 0.15) is 5.82 Å². The number of nitrogens with zero attached hydrogens (tertiary/aromatic N) is 1. The first kappa shape index (κ1) is 12.6. The fourth-order valence-electron chi connectivity index (χ4n) is 2.07. The van der Waals surface area contributed by atoms with E-state index in [1.165, 1.54) is 12.1 Å². The van der Waals surface area contributed by atoms with Gasteiger partial charge in [-0.3, -0.25) is 0 Å². The van der Waals surface area contributed by atoms with Crippen LogP contribution in [-0.2, 0) is 6.54 Å². The topological polar surface area (TPSA) is 20.7 Å². The molecule has 0 amide bonds. The molecule has 0 spiro atoms.